The molecule has 0 atom stereocenters. The summed E-state index contributed by atoms with van der Waals surface area (Å²) in [5.41, 5.74) is 0.400. The molecule has 6 heteroatoms. The van der Waals surface area contributed by atoms with E-state index in [0.717, 1.165) is 0 Å². The number of rotatable bonds is 7. The number of likely N-dealkylation sites (N-methyl/N-ethyl adjacent to an activating group) is 1. The van der Waals surface area contributed by atoms with Gasteiger partial charge in [-0.2, -0.15) is 0 Å². The van der Waals surface area contributed by atoms with Crippen LogP contribution in [0.4, 0.5) is 4.39 Å². The van der Waals surface area contributed by atoms with Crippen molar-refractivity contribution in [1.29, 1.82) is 0 Å². The normalized spacial score (nSPS) is 10.9. The molecular weight excluding hydrogens is 283 g/mol. The Balaban J connectivity index is 2.80. The van der Waals surface area contributed by atoms with Crippen molar-refractivity contribution < 1.29 is 13.9 Å². The van der Waals surface area contributed by atoms with Gasteiger partial charge in [-0.05, 0) is 12.1 Å². The van der Waals surface area contributed by atoms with Crippen LogP contribution in [0.15, 0.2) is 18.2 Å². The summed E-state index contributed by atoms with van der Waals surface area (Å²) in [6.07, 6.45) is 0. The summed E-state index contributed by atoms with van der Waals surface area (Å²) in [4.78, 5) is 15.1. The molecule has 112 valence electrons. The van der Waals surface area contributed by atoms with E-state index in [4.69, 9.17) is 16.3 Å². The lowest BCUT2D eigenvalue weighted by atomic mass is 10.2. The van der Waals surface area contributed by atoms with Gasteiger partial charge >= 0.3 is 0 Å². The van der Waals surface area contributed by atoms with Gasteiger partial charge in [0, 0.05) is 44.9 Å². The molecule has 0 aliphatic rings. The van der Waals surface area contributed by atoms with Gasteiger partial charge in [0.2, 0.25) is 5.91 Å². The Morgan fingerprint density at radius 2 is 2.10 bits per heavy atom. The lowest BCUT2D eigenvalue weighted by molar-refractivity contribution is -0.130. The van der Waals surface area contributed by atoms with Crippen LogP contribution in [-0.2, 0) is 16.1 Å². The maximum atomic E-state index is 13.8. The Bertz CT molecular complexity index is 435. The molecule has 0 fully saturated rings. The molecule has 4 nitrogen and oxygen atoms in total. The van der Waals surface area contributed by atoms with Crippen LogP contribution in [0.25, 0.3) is 0 Å². The third kappa shape index (κ3) is 5.07. The zero-order chi connectivity index (χ0) is 15.1. The second-order valence-corrected chi connectivity index (χ2v) is 5.10. The summed E-state index contributed by atoms with van der Waals surface area (Å²) >= 11 is 6.01. The molecule has 0 heterocycles. The summed E-state index contributed by atoms with van der Waals surface area (Å²) in [5.74, 6) is -0.411. The highest BCUT2D eigenvalue weighted by Gasteiger charge is 2.16. The summed E-state index contributed by atoms with van der Waals surface area (Å²) in [5, 5.41) is 0.365. The largest absolute Gasteiger partial charge is 0.383 e. The van der Waals surface area contributed by atoms with Crippen LogP contribution in [-0.4, -0.2) is 56.6 Å². The maximum absolute atomic E-state index is 13.8. The molecule has 0 N–H and O–H groups in total. The predicted molar refractivity (Wildman–Crippen MR) is 77.3 cm³/mol. The van der Waals surface area contributed by atoms with E-state index < -0.39 is 0 Å². The number of benzene rings is 1. The molecule has 1 aromatic carbocycles. The standard InChI is InChI=1S/C14H20ClFN2O2/c1-17(2)14(19)10-18(7-8-20-3)9-11-12(15)5-4-6-13(11)16/h4-6H,7-10H2,1-3H3. The third-order valence-electron chi connectivity index (χ3n) is 2.91. The van der Waals surface area contributed by atoms with Crippen LogP contribution in [0.2, 0.25) is 5.02 Å². The minimum absolute atomic E-state index is 0.0476. The Labute approximate surface area is 124 Å². The molecule has 0 unspecified atom stereocenters. The average Bonchev–Trinajstić information content (AvgIpc) is 2.39. The van der Waals surface area contributed by atoms with Crippen LogP contribution in [0.3, 0.4) is 0 Å². The van der Waals surface area contributed by atoms with Gasteiger partial charge in [0.1, 0.15) is 5.82 Å². The highest BCUT2D eigenvalue weighted by Crippen LogP contribution is 2.20. The van der Waals surface area contributed by atoms with E-state index in [2.05, 4.69) is 0 Å². The fourth-order valence-corrected chi connectivity index (χ4v) is 1.90. The number of carbonyl (C=O) groups is 1. The Morgan fingerprint density at radius 3 is 2.65 bits per heavy atom. The van der Waals surface area contributed by atoms with E-state index >= 15 is 0 Å². The molecule has 1 rings (SSSR count). The highest BCUT2D eigenvalue weighted by molar-refractivity contribution is 6.31. The number of hydrogen-bond donors (Lipinski definition) is 0. The molecule has 20 heavy (non-hydrogen) atoms. The molecular formula is C14H20ClFN2O2. The Kier molecular flexibility index (Phi) is 6.91. The fraction of sp³-hybridized carbons (Fsp3) is 0.500. The van der Waals surface area contributed by atoms with Crippen molar-refractivity contribution in [3.8, 4) is 0 Å². The van der Waals surface area contributed by atoms with Crippen molar-refractivity contribution in [3.63, 3.8) is 0 Å². The number of nitrogens with zero attached hydrogens (tertiary/aromatic N) is 2. The van der Waals surface area contributed by atoms with Gasteiger partial charge in [0.25, 0.3) is 0 Å². The topological polar surface area (TPSA) is 32.8 Å². The SMILES string of the molecule is COCCN(CC(=O)N(C)C)Cc1c(F)cccc1Cl. The summed E-state index contributed by atoms with van der Waals surface area (Å²) in [6.45, 7) is 1.46. The monoisotopic (exact) mass is 302 g/mol. The first-order chi connectivity index (χ1) is 9.45. The number of amides is 1. The highest BCUT2D eigenvalue weighted by atomic mass is 35.5. The minimum Gasteiger partial charge on any atom is -0.383 e. The Hall–Kier alpha value is -1.17. The fourth-order valence-electron chi connectivity index (χ4n) is 1.67. The number of ether oxygens (including phenoxy) is 1. The number of carbonyl (C=O) groups excluding carboxylic acids is 1. The van der Waals surface area contributed by atoms with Crippen molar-refractivity contribution >= 4 is 17.5 Å². The molecule has 0 saturated heterocycles. The van der Waals surface area contributed by atoms with Gasteiger partial charge in [-0.1, -0.05) is 17.7 Å². The molecule has 0 spiro atoms. The van der Waals surface area contributed by atoms with Crippen LogP contribution in [0, 0.1) is 5.82 Å². The molecule has 0 aliphatic heterocycles. The molecule has 0 aromatic heterocycles. The molecule has 0 aliphatic carbocycles. The molecule has 0 radical (unpaired) electrons. The van der Waals surface area contributed by atoms with E-state index in [1.165, 1.54) is 11.0 Å². The lowest BCUT2D eigenvalue weighted by Crippen LogP contribution is -2.38. The van der Waals surface area contributed by atoms with Gasteiger partial charge in [0.05, 0.1) is 13.2 Å². The minimum atomic E-state index is -0.364. The second kappa shape index (κ2) is 8.19. The van der Waals surface area contributed by atoms with Crippen molar-refractivity contribution in [1.82, 2.24) is 9.80 Å². The van der Waals surface area contributed by atoms with Crippen molar-refractivity contribution in [2.45, 2.75) is 6.54 Å². The Morgan fingerprint density at radius 1 is 1.40 bits per heavy atom. The van der Waals surface area contributed by atoms with Gasteiger partial charge in [-0.15, -0.1) is 0 Å². The zero-order valence-electron chi connectivity index (χ0n) is 12.0. The number of methoxy groups -OCH3 is 1. The maximum Gasteiger partial charge on any atom is 0.236 e. The lowest BCUT2D eigenvalue weighted by Gasteiger charge is -2.23. The second-order valence-electron chi connectivity index (χ2n) is 4.69. The van der Waals surface area contributed by atoms with Crippen molar-refractivity contribution in [3.05, 3.63) is 34.6 Å². The smallest absolute Gasteiger partial charge is 0.236 e. The molecule has 0 saturated carbocycles. The quantitative estimate of drug-likeness (QED) is 0.772. The zero-order valence-corrected chi connectivity index (χ0v) is 12.8. The van der Waals surface area contributed by atoms with Crippen LogP contribution in [0.1, 0.15) is 5.56 Å². The van der Waals surface area contributed by atoms with Gasteiger partial charge in [-0.3, -0.25) is 9.69 Å². The number of halogens is 2. The van der Waals surface area contributed by atoms with E-state index in [-0.39, 0.29) is 24.8 Å². The first-order valence-electron chi connectivity index (χ1n) is 6.30. The van der Waals surface area contributed by atoms with E-state index in [1.807, 2.05) is 4.90 Å². The van der Waals surface area contributed by atoms with Crippen molar-refractivity contribution in [2.75, 3.05) is 40.9 Å². The van der Waals surface area contributed by atoms with E-state index in [0.29, 0.717) is 23.7 Å². The van der Waals surface area contributed by atoms with Gasteiger partial charge in [0.15, 0.2) is 0 Å². The third-order valence-corrected chi connectivity index (χ3v) is 3.27. The van der Waals surface area contributed by atoms with E-state index in [1.54, 1.807) is 33.3 Å². The van der Waals surface area contributed by atoms with Crippen LogP contribution < -0.4 is 0 Å². The average molecular weight is 303 g/mol. The first kappa shape index (κ1) is 16.9. The summed E-state index contributed by atoms with van der Waals surface area (Å²) in [7, 11) is 4.96. The van der Waals surface area contributed by atoms with Crippen molar-refractivity contribution in [2.24, 2.45) is 0 Å². The molecule has 0 bridgehead atoms. The summed E-state index contributed by atoms with van der Waals surface area (Å²) in [6, 6.07) is 4.57. The van der Waals surface area contributed by atoms with Crippen LogP contribution in [0.5, 0.6) is 0 Å². The molecule has 1 aromatic rings. The van der Waals surface area contributed by atoms with Gasteiger partial charge in [-0.25, -0.2) is 4.39 Å². The van der Waals surface area contributed by atoms with Gasteiger partial charge < -0.3 is 9.64 Å². The first-order valence-corrected chi connectivity index (χ1v) is 6.67. The molecule has 1 amide bonds. The summed E-state index contributed by atoms with van der Waals surface area (Å²) < 4.78 is 18.8. The predicted octanol–water partition coefficient (Wildman–Crippen LogP) is 2.02. The number of hydrogen-bond acceptors (Lipinski definition) is 3. The van der Waals surface area contributed by atoms with E-state index in [9.17, 15) is 9.18 Å². The van der Waals surface area contributed by atoms with Crippen LogP contribution >= 0.6 is 11.6 Å².